The molecule has 2 aliphatic rings. The van der Waals surface area contributed by atoms with Crippen LogP contribution in [0.4, 0.5) is 11.8 Å². The Morgan fingerprint density at radius 3 is 2.44 bits per heavy atom. The molecule has 5 rings (SSSR count). The van der Waals surface area contributed by atoms with E-state index >= 15 is 0 Å². The van der Waals surface area contributed by atoms with E-state index in [2.05, 4.69) is 72.0 Å². The van der Waals surface area contributed by atoms with Crippen molar-refractivity contribution in [2.45, 2.75) is 39.0 Å². The Labute approximate surface area is 200 Å². The molecular weight excluding hydrogens is 428 g/mol. The minimum atomic E-state index is 0.123. The molecule has 2 aromatic heterocycles. The van der Waals surface area contributed by atoms with Gasteiger partial charge < -0.3 is 19.3 Å². The molecule has 178 valence electrons. The highest BCUT2D eigenvalue weighted by Crippen LogP contribution is 2.31. The summed E-state index contributed by atoms with van der Waals surface area (Å²) in [5, 5.41) is 0.963. The van der Waals surface area contributed by atoms with E-state index in [0.29, 0.717) is 24.8 Å². The first-order valence-electron chi connectivity index (χ1n) is 12.0. The largest absolute Gasteiger partial charge is 0.377 e. The Hall–Kier alpha value is -3.10. The number of nitrogens with zero attached hydrogens (tertiary/aromatic N) is 6. The van der Waals surface area contributed by atoms with Gasteiger partial charge in [0.1, 0.15) is 5.82 Å². The molecule has 4 heterocycles. The molecule has 0 saturated carbocycles. The van der Waals surface area contributed by atoms with Gasteiger partial charge in [-0.25, -0.2) is 4.98 Å². The van der Waals surface area contributed by atoms with Crippen molar-refractivity contribution in [1.82, 2.24) is 15.0 Å². The molecule has 0 amide bonds. The number of anilines is 2. The highest BCUT2D eigenvalue weighted by Gasteiger charge is 2.28. The Kier molecular flexibility index (Phi) is 6.43. The van der Waals surface area contributed by atoms with Crippen LogP contribution in [0.25, 0.3) is 22.3 Å². The average molecular weight is 461 g/mol. The standard InChI is InChI=1S/C26H32N6O2/c1-17-16-33-12-11-32(17)25-22-9-10-23(21-7-5-20(6-8-21)13-27-4)28-24(22)29-26(30-25)31-14-18(2)34-19(3)15-31/h5-10,13,17-19H,11-12,14-16H2,1-4H3/t17-,18-,19+/m0/s1. The van der Waals surface area contributed by atoms with Crippen molar-refractivity contribution in [2.75, 3.05) is 49.7 Å². The molecule has 34 heavy (non-hydrogen) atoms. The molecule has 8 heteroatoms. The van der Waals surface area contributed by atoms with Crippen LogP contribution in [0.3, 0.4) is 0 Å². The normalized spacial score (nSPS) is 23.7. The second kappa shape index (κ2) is 9.64. The molecule has 1 aromatic carbocycles. The molecule has 0 N–H and O–H groups in total. The van der Waals surface area contributed by atoms with Crippen molar-refractivity contribution in [3.05, 3.63) is 42.0 Å². The maximum Gasteiger partial charge on any atom is 0.229 e. The first-order valence-corrected chi connectivity index (χ1v) is 12.0. The first-order chi connectivity index (χ1) is 16.5. The van der Waals surface area contributed by atoms with Crippen molar-refractivity contribution >= 4 is 29.0 Å². The third-order valence-electron chi connectivity index (χ3n) is 6.35. The number of pyridine rings is 1. The first kappa shape index (κ1) is 22.7. The third-order valence-corrected chi connectivity index (χ3v) is 6.35. The number of morpholine rings is 2. The van der Waals surface area contributed by atoms with Gasteiger partial charge in [-0.1, -0.05) is 24.3 Å². The van der Waals surface area contributed by atoms with Gasteiger partial charge >= 0.3 is 0 Å². The van der Waals surface area contributed by atoms with Crippen molar-refractivity contribution < 1.29 is 9.47 Å². The monoisotopic (exact) mass is 460 g/mol. The lowest BCUT2D eigenvalue weighted by molar-refractivity contribution is -0.00570. The molecule has 2 fully saturated rings. The van der Waals surface area contributed by atoms with E-state index in [9.17, 15) is 0 Å². The molecule has 3 aromatic rings. The second-order valence-electron chi connectivity index (χ2n) is 9.20. The SMILES string of the molecule is CN=Cc1ccc(-c2ccc3c(N4CCOC[C@@H]4C)nc(N4C[C@@H](C)O[C@@H](C)C4)nc3n2)cc1. The van der Waals surface area contributed by atoms with Gasteiger partial charge in [0.05, 0.1) is 42.5 Å². The van der Waals surface area contributed by atoms with Gasteiger partial charge in [-0.15, -0.1) is 0 Å². The Balaban J connectivity index is 1.60. The van der Waals surface area contributed by atoms with E-state index in [4.69, 9.17) is 24.4 Å². The number of rotatable bonds is 4. The van der Waals surface area contributed by atoms with Crippen LogP contribution in [0.5, 0.6) is 0 Å². The number of fused-ring (bicyclic) bond motifs is 1. The van der Waals surface area contributed by atoms with Crippen LogP contribution in [0.15, 0.2) is 41.4 Å². The van der Waals surface area contributed by atoms with E-state index in [0.717, 1.165) is 47.7 Å². The highest BCUT2D eigenvalue weighted by atomic mass is 16.5. The summed E-state index contributed by atoms with van der Waals surface area (Å²) in [4.78, 5) is 23.7. The van der Waals surface area contributed by atoms with Crippen molar-refractivity contribution in [3.63, 3.8) is 0 Å². The lowest BCUT2D eigenvalue weighted by Gasteiger charge is -2.37. The number of ether oxygens (including phenoxy) is 2. The van der Waals surface area contributed by atoms with E-state index < -0.39 is 0 Å². The predicted molar refractivity (Wildman–Crippen MR) is 136 cm³/mol. The summed E-state index contributed by atoms with van der Waals surface area (Å²) in [6.07, 6.45) is 2.09. The fourth-order valence-corrected chi connectivity index (χ4v) is 4.78. The predicted octanol–water partition coefficient (Wildman–Crippen LogP) is 3.58. The number of hydrogen-bond donors (Lipinski definition) is 0. The second-order valence-corrected chi connectivity index (χ2v) is 9.20. The highest BCUT2D eigenvalue weighted by molar-refractivity contribution is 5.90. The van der Waals surface area contributed by atoms with E-state index in [-0.39, 0.29) is 18.2 Å². The average Bonchev–Trinajstić information content (AvgIpc) is 2.83. The molecule has 0 unspecified atom stereocenters. The Morgan fingerprint density at radius 2 is 1.74 bits per heavy atom. The summed E-state index contributed by atoms with van der Waals surface area (Å²) in [7, 11) is 1.78. The Bertz CT molecular complexity index is 1170. The number of hydrogen-bond acceptors (Lipinski definition) is 8. The van der Waals surface area contributed by atoms with E-state index in [1.807, 2.05) is 6.21 Å². The van der Waals surface area contributed by atoms with Gasteiger partial charge in [-0.05, 0) is 38.5 Å². The van der Waals surface area contributed by atoms with Gasteiger partial charge in [0, 0.05) is 38.5 Å². The summed E-state index contributed by atoms with van der Waals surface area (Å²) in [6, 6.07) is 12.6. The summed E-state index contributed by atoms with van der Waals surface area (Å²) < 4.78 is 11.6. The zero-order valence-electron chi connectivity index (χ0n) is 20.3. The summed E-state index contributed by atoms with van der Waals surface area (Å²) >= 11 is 0. The molecular formula is C26H32N6O2. The third kappa shape index (κ3) is 4.60. The summed E-state index contributed by atoms with van der Waals surface area (Å²) in [5.41, 5.74) is 3.71. The molecule has 3 atom stereocenters. The molecule has 2 saturated heterocycles. The maximum atomic E-state index is 5.94. The summed E-state index contributed by atoms with van der Waals surface area (Å²) in [6.45, 7) is 10.1. The fourth-order valence-electron chi connectivity index (χ4n) is 4.78. The van der Waals surface area contributed by atoms with Gasteiger partial charge in [0.2, 0.25) is 5.95 Å². The van der Waals surface area contributed by atoms with Gasteiger partial charge in [-0.3, -0.25) is 4.99 Å². The summed E-state index contributed by atoms with van der Waals surface area (Å²) in [5.74, 6) is 1.64. The number of benzene rings is 1. The van der Waals surface area contributed by atoms with Crippen molar-refractivity contribution in [1.29, 1.82) is 0 Å². The zero-order valence-corrected chi connectivity index (χ0v) is 20.3. The lowest BCUT2D eigenvalue weighted by Crippen LogP contribution is -2.47. The minimum absolute atomic E-state index is 0.123. The van der Waals surface area contributed by atoms with Gasteiger partial charge in [0.25, 0.3) is 0 Å². The van der Waals surface area contributed by atoms with E-state index in [1.165, 1.54) is 0 Å². The lowest BCUT2D eigenvalue weighted by atomic mass is 10.1. The zero-order chi connectivity index (χ0) is 23.7. The van der Waals surface area contributed by atoms with Gasteiger partial charge in [0.15, 0.2) is 5.65 Å². The smallest absolute Gasteiger partial charge is 0.229 e. The van der Waals surface area contributed by atoms with Crippen LogP contribution in [-0.4, -0.2) is 79.3 Å². The van der Waals surface area contributed by atoms with Crippen LogP contribution in [0.2, 0.25) is 0 Å². The maximum absolute atomic E-state index is 5.94. The van der Waals surface area contributed by atoms with Crippen LogP contribution < -0.4 is 9.80 Å². The quantitative estimate of drug-likeness (QED) is 0.551. The molecule has 0 aliphatic carbocycles. The van der Waals surface area contributed by atoms with Crippen LogP contribution in [0.1, 0.15) is 26.3 Å². The van der Waals surface area contributed by atoms with Gasteiger partial charge in [-0.2, -0.15) is 9.97 Å². The minimum Gasteiger partial charge on any atom is -0.377 e. The molecule has 0 bridgehead atoms. The van der Waals surface area contributed by atoms with Crippen molar-refractivity contribution in [3.8, 4) is 11.3 Å². The molecule has 8 nitrogen and oxygen atoms in total. The fraction of sp³-hybridized carbons (Fsp3) is 0.462. The molecule has 2 aliphatic heterocycles. The van der Waals surface area contributed by atoms with Crippen molar-refractivity contribution in [2.24, 2.45) is 4.99 Å². The van der Waals surface area contributed by atoms with Crippen LogP contribution in [-0.2, 0) is 9.47 Å². The molecule has 0 radical (unpaired) electrons. The molecule has 0 spiro atoms. The Morgan fingerprint density at radius 1 is 0.971 bits per heavy atom. The van der Waals surface area contributed by atoms with E-state index in [1.54, 1.807) is 7.05 Å². The van der Waals surface area contributed by atoms with Crippen LogP contribution >= 0.6 is 0 Å². The number of aliphatic imine (C=N–C) groups is 1. The number of aromatic nitrogens is 3. The van der Waals surface area contributed by atoms with Crippen LogP contribution in [0, 0.1) is 0 Å². The topological polar surface area (TPSA) is 76.0 Å².